The van der Waals surface area contributed by atoms with E-state index >= 15 is 0 Å². The summed E-state index contributed by atoms with van der Waals surface area (Å²) in [6, 6.07) is 0. The maximum Gasteiger partial charge on any atom is 0.306 e. The first kappa shape index (κ1) is 71.5. The predicted octanol–water partition coefficient (Wildman–Crippen LogP) is 17.0. The Kier molecular flexibility index (Phi) is 54.0. The SMILES string of the molecule is CC/C=C\C/C=C\C/C=C\C/C=C\C/C=C\CCCCCCCCCCCCCCCCCCCC(=O)OC(COC(=O)CCCCCCCCC/C=C\C/C=C\CCCCC)COC(OCC[N+](C)(C)C)C(=O)[O-]. The van der Waals surface area contributed by atoms with Crippen molar-refractivity contribution in [3.8, 4) is 0 Å². The van der Waals surface area contributed by atoms with Gasteiger partial charge in [0.2, 0.25) is 0 Å². The minimum atomic E-state index is -1.63. The number of hydrogen-bond donors (Lipinski definition) is 0. The molecule has 0 aromatic rings. The number of unbranched alkanes of at least 4 members (excludes halogenated alkanes) is 27. The Balaban J connectivity index is 4.13. The summed E-state index contributed by atoms with van der Waals surface area (Å²) in [7, 11) is 5.92. The van der Waals surface area contributed by atoms with Gasteiger partial charge in [-0.1, -0.05) is 240 Å². The van der Waals surface area contributed by atoms with Gasteiger partial charge < -0.3 is 33.3 Å². The molecule has 0 amide bonds. The van der Waals surface area contributed by atoms with Gasteiger partial charge in [0.1, 0.15) is 13.2 Å². The Labute approximate surface area is 461 Å². The van der Waals surface area contributed by atoms with Gasteiger partial charge in [0.15, 0.2) is 12.4 Å². The second kappa shape index (κ2) is 56.7. The molecule has 9 nitrogen and oxygen atoms in total. The zero-order chi connectivity index (χ0) is 54.8. The van der Waals surface area contributed by atoms with Gasteiger partial charge in [0.05, 0.1) is 40.3 Å². The van der Waals surface area contributed by atoms with Gasteiger partial charge >= 0.3 is 11.9 Å². The first-order chi connectivity index (χ1) is 36.6. The van der Waals surface area contributed by atoms with Crippen molar-refractivity contribution in [2.75, 3.05) is 47.5 Å². The Morgan fingerprint density at radius 3 is 1.13 bits per heavy atom. The summed E-state index contributed by atoms with van der Waals surface area (Å²) >= 11 is 0. The summed E-state index contributed by atoms with van der Waals surface area (Å²) in [4.78, 5) is 37.3. The highest BCUT2D eigenvalue weighted by atomic mass is 16.7. The molecule has 432 valence electrons. The van der Waals surface area contributed by atoms with Crippen LogP contribution in [0.15, 0.2) is 85.1 Å². The van der Waals surface area contributed by atoms with Gasteiger partial charge in [-0.05, 0) is 89.9 Å². The summed E-state index contributed by atoms with van der Waals surface area (Å²) < 4.78 is 22.7. The molecule has 0 saturated heterocycles. The number of aliphatic carboxylic acids is 1. The molecule has 0 rings (SSSR count). The number of quaternary nitrogens is 1. The Bertz CT molecular complexity index is 1500. The van der Waals surface area contributed by atoms with Crippen LogP contribution in [0.1, 0.15) is 258 Å². The van der Waals surface area contributed by atoms with Gasteiger partial charge in [0, 0.05) is 12.8 Å². The van der Waals surface area contributed by atoms with Crippen LogP contribution in [0.2, 0.25) is 0 Å². The van der Waals surface area contributed by atoms with Crippen molar-refractivity contribution in [2.24, 2.45) is 0 Å². The normalized spacial score (nSPS) is 13.3. The zero-order valence-corrected chi connectivity index (χ0v) is 49.1. The van der Waals surface area contributed by atoms with Crippen LogP contribution < -0.4 is 5.11 Å². The Morgan fingerprint density at radius 1 is 0.413 bits per heavy atom. The molecule has 2 atom stereocenters. The van der Waals surface area contributed by atoms with Crippen molar-refractivity contribution in [2.45, 2.75) is 270 Å². The van der Waals surface area contributed by atoms with E-state index in [4.69, 9.17) is 18.9 Å². The first-order valence-electron chi connectivity index (χ1n) is 30.7. The fourth-order valence-electron chi connectivity index (χ4n) is 8.42. The van der Waals surface area contributed by atoms with Crippen LogP contribution in [-0.4, -0.2) is 82.3 Å². The highest BCUT2D eigenvalue weighted by Gasteiger charge is 2.22. The summed E-state index contributed by atoms with van der Waals surface area (Å²) in [5.41, 5.74) is 0. The molecule has 2 unspecified atom stereocenters. The number of carbonyl (C=O) groups is 3. The summed E-state index contributed by atoms with van der Waals surface area (Å²) in [5, 5.41) is 11.8. The number of carbonyl (C=O) groups excluding carboxylic acids is 3. The average Bonchev–Trinajstić information content (AvgIpc) is 3.38. The molecule has 0 spiro atoms. The van der Waals surface area contributed by atoms with Crippen molar-refractivity contribution >= 4 is 17.9 Å². The van der Waals surface area contributed by atoms with Gasteiger partial charge in [-0.2, -0.15) is 0 Å². The molecule has 9 heteroatoms. The van der Waals surface area contributed by atoms with E-state index in [1.54, 1.807) is 0 Å². The van der Waals surface area contributed by atoms with E-state index in [0.717, 1.165) is 89.9 Å². The van der Waals surface area contributed by atoms with Crippen LogP contribution >= 0.6 is 0 Å². The second-order valence-electron chi connectivity index (χ2n) is 21.6. The molecule has 0 aliphatic heterocycles. The number of allylic oxidation sites excluding steroid dienone is 14. The molecule has 0 aromatic heterocycles. The molecule has 0 N–H and O–H groups in total. The lowest BCUT2D eigenvalue weighted by Crippen LogP contribution is -2.44. The van der Waals surface area contributed by atoms with Crippen LogP contribution in [0.3, 0.4) is 0 Å². The lowest BCUT2D eigenvalue weighted by Gasteiger charge is -2.26. The molecular weight excluding hydrogens is 935 g/mol. The van der Waals surface area contributed by atoms with Crippen LogP contribution in [-0.2, 0) is 33.3 Å². The molecule has 0 aliphatic rings. The monoisotopic (exact) mass is 1050 g/mol. The predicted molar refractivity (Wildman–Crippen MR) is 315 cm³/mol. The molecule has 0 aliphatic carbocycles. The maximum absolute atomic E-state index is 12.9. The minimum absolute atomic E-state index is 0.144. The minimum Gasteiger partial charge on any atom is -0.545 e. The number of hydrogen-bond acceptors (Lipinski definition) is 8. The number of nitrogens with zero attached hydrogens (tertiary/aromatic N) is 1. The lowest BCUT2D eigenvalue weighted by molar-refractivity contribution is -0.870. The van der Waals surface area contributed by atoms with Crippen molar-refractivity contribution in [3.63, 3.8) is 0 Å². The highest BCUT2D eigenvalue weighted by Crippen LogP contribution is 2.16. The summed E-state index contributed by atoms with van der Waals surface area (Å²) in [6.45, 7) is 4.61. The average molecular weight is 1050 g/mol. The van der Waals surface area contributed by atoms with E-state index in [0.29, 0.717) is 17.4 Å². The van der Waals surface area contributed by atoms with Gasteiger partial charge in [-0.15, -0.1) is 0 Å². The summed E-state index contributed by atoms with van der Waals surface area (Å²) in [6.07, 6.45) is 72.1. The van der Waals surface area contributed by atoms with Gasteiger partial charge in [0.25, 0.3) is 0 Å². The van der Waals surface area contributed by atoms with Gasteiger partial charge in [-0.3, -0.25) is 9.59 Å². The molecular formula is C66H115NO8. The standard InChI is InChI=1S/C66H115NO8/c1-6-8-10-12-14-16-18-20-22-24-25-26-27-28-29-30-31-32-33-34-35-36-37-38-39-41-43-45-47-49-51-53-55-57-64(69)75-62(61-74-66(65(70)71)72-59-58-67(3,4)5)60-73-63(68)56-54-52-50-48-46-44-42-40-23-21-19-17-15-13-11-9-7-2/h8,10,14-17,20-23,25-26,28-29,62,66H,6-7,9,11-13,18-19,24,27,30-61H2,1-5H3/b10-8-,16-14-,17-15-,22-20-,23-21-,26-25-,29-28-. The van der Waals surface area contributed by atoms with Crippen molar-refractivity contribution in [1.29, 1.82) is 0 Å². The quantitative estimate of drug-likeness (QED) is 0.0195. The van der Waals surface area contributed by atoms with Crippen LogP contribution in [0.25, 0.3) is 0 Å². The van der Waals surface area contributed by atoms with Crippen LogP contribution in [0, 0.1) is 0 Å². The number of esters is 2. The van der Waals surface area contributed by atoms with Gasteiger partial charge in [-0.25, -0.2) is 0 Å². The summed E-state index contributed by atoms with van der Waals surface area (Å²) in [5.74, 6) is -2.29. The van der Waals surface area contributed by atoms with E-state index < -0.39 is 24.3 Å². The highest BCUT2D eigenvalue weighted by molar-refractivity contribution is 5.70. The van der Waals surface area contributed by atoms with Crippen molar-refractivity contribution in [1.82, 2.24) is 0 Å². The zero-order valence-electron chi connectivity index (χ0n) is 49.1. The van der Waals surface area contributed by atoms with Crippen LogP contribution in [0.5, 0.6) is 0 Å². The maximum atomic E-state index is 12.9. The number of carboxylic acids is 1. The lowest BCUT2D eigenvalue weighted by atomic mass is 10.0. The topological polar surface area (TPSA) is 111 Å². The first-order valence-corrected chi connectivity index (χ1v) is 30.7. The Hall–Kier alpha value is -3.53. The smallest absolute Gasteiger partial charge is 0.306 e. The number of ether oxygens (including phenoxy) is 4. The molecule has 0 bridgehead atoms. The van der Waals surface area contributed by atoms with E-state index in [1.807, 2.05) is 21.1 Å². The second-order valence-corrected chi connectivity index (χ2v) is 21.6. The number of likely N-dealkylation sites (N-methyl/N-ethyl adjacent to an activating group) is 1. The molecule has 0 heterocycles. The third kappa shape index (κ3) is 58.0. The molecule has 0 fully saturated rings. The number of carboxylic acid groups (broad SMARTS) is 1. The Morgan fingerprint density at radius 2 is 0.760 bits per heavy atom. The third-order valence-corrected chi connectivity index (χ3v) is 13.1. The van der Waals surface area contributed by atoms with Crippen molar-refractivity contribution < 1.29 is 42.9 Å². The van der Waals surface area contributed by atoms with Crippen molar-refractivity contribution in [3.05, 3.63) is 85.1 Å². The van der Waals surface area contributed by atoms with E-state index in [-0.39, 0.29) is 38.6 Å². The fraction of sp³-hybridized carbons (Fsp3) is 0.742. The van der Waals surface area contributed by atoms with E-state index in [2.05, 4.69) is 98.9 Å². The molecule has 75 heavy (non-hydrogen) atoms. The fourth-order valence-corrected chi connectivity index (χ4v) is 8.42. The largest absolute Gasteiger partial charge is 0.545 e. The third-order valence-electron chi connectivity index (χ3n) is 13.1. The van der Waals surface area contributed by atoms with E-state index in [1.165, 1.54) is 135 Å². The number of rotatable bonds is 56. The molecule has 0 saturated carbocycles. The molecule has 0 radical (unpaired) electrons. The van der Waals surface area contributed by atoms with E-state index in [9.17, 15) is 19.5 Å². The van der Waals surface area contributed by atoms with Crippen LogP contribution in [0.4, 0.5) is 0 Å². The molecule has 0 aromatic carbocycles.